The van der Waals surface area contributed by atoms with Crippen LogP contribution in [0.25, 0.3) is 0 Å². The highest BCUT2D eigenvalue weighted by atomic mass is 32.1. The van der Waals surface area contributed by atoms with Crippen LogP contribution in [-0.2, 0) is 11.3 Å². The van der Waals surface area contributed by atoms with Gasteiger partial charge in [-0.05, 0) is 17.4 Å². The zero-order valence-electron chi connectivity index (χ0n) is 9.90. The van der Waals surface area contributed by atoms with Crippen molar-refractivity contribution in [3.63, 3.8) is 0 Å². The molecule has 3 amide bonds. The molecule has 0 aromatic carbocycles. The molecular formula is C11H17N3O2S. The second-order valence-electron chi connectivity index (χ2n) is 4.03. The van der Waals surface area contributed by atoms with Crippen LogP contribution in [0.1, 0.15) is 18.7 Å². The maximum Gasteiger partial charge on any atom is 0.312 e. The van der Waals surface area contributed by atoms with Crippen molar-refractivity contribution in [3.05, 3.63) is 22.4 Å². The largest absolute Gasteiger partial charge is 0.352 e. The van der Waals surface area contributed by atoms with Crippen LogP contribution in [0.3, 0.4) is 0 Å². The Morgan fingerprint density at radius 3 is 2.65 bits per heavy atom. The summed E-state index contributed by atoms with van der Waals surface area (Å²) < 4.78 is 0. The predicted molar refractivity (Wildman–Crippen MR) is 67.5 cm³/mol. The van der Waals surface area contributed by atoms with Gasteiger partial charge in [0.15, 0.2) is 0 Å². The maximum atomic E-state index is 11.8. The molecule has 0 saturated heterocycles. The topological polar surface area (TPSA) is 84.2 Å². The number of hydrogen-bond acceptors (Lipinski definition) is 3. The van der Waals surface area contributed by atoms with Gasteiger partial charge in [-0.1, -0.05) is 19.9 Å². The minimum Gasteiger partial charge on any atom is -0.352 e. The van der Waals surface area contributed by atoms with Crippen LogP contribution in [0, 0.1) is 5.92 Å². The molecule has 0 saturated carbocycles. The molecule has 1 aromatic heterocycles. The molecule has 1 aromatic rings. The van der Waals surface area contributed by atoms with Crippen molar-refractivity contribution >= 4 is 23.3 Å². The van der Waals surface area contributed by atoms with E-state index in [0.717, 1.165) is 4.88 Å². The van der Waals surface area contributed by atoms with Crippen LogP contribution < -0.4 is 16.4 Å². The molecule has 0 bridgehead atoms. The standard InChI is InChI=1S/C11H17N3O2S/c1-7(2)9(14-11(12)16)10(15)13-6-8-4-3-5-17-8/h3-5,7,9H,6H2,1-2H3,(H,13,15)(H3,12,14,16)/t9-/m1/s1. The SMILES string of the molecule is CC(C)[C@@H](NC(N)=O)C(=O)NCc1cccs1. The number of amides is 3. The summed E-state index contributed by atoms with van der Waals surface area (Å²) in [5.74, 6) is -0.224. The Morgan fingerprint density at radius 1 is 1.47 bits per heavy atom. The number of carbonyl (C=O) groups is 2. The molecule has 17 heavy (non-hydrogen) atoms. The van der Waals surface area contributed by atoms with Gasteiger partial charge in [0.1, 0.15) is 6.04 Å². The molecule has 5 nitrogen and oxygen atoms in total. The third kappa shape index (κ3) is 4.44. The first-order valence-corrected chi connectivity index (χ1v) is 6.24. The van der Waals surface area contributed by atoms with Gasteiger partial charge in [-0.25, -0.2) is 4.79 Å². The Labute approximate surface area is 104 Å². The van der Waals surface area contributed by atoms with Gasteiger partial charge in [0.2, 0.25) is 5.91 Å². The van der Waals surface area contributed by atoms with E-state index in [9.17, 15) is 9.59 Å². The lowest BCUT2D eigenvalue weighted by Gasteiger charge is -2.20. The molecule has 1 atom stereocenters. The zero-order chi connectivity index (χ0) is 12.8. The average molecular weight is 255 g/mol. The van der Waals surface area contributed by atoms with E-state index in [1.165, 1.54) is 0 Å². The summed E-state index contributed by atoms with van der Waals surface area (Å²) in [7, 11) is 0. The molecule has 0 unspecified atom stereocenters. The molecular weight excluding hydrogens is 238 g/mol. The van der Waals surface area contributed by atoms with E-state index in [2.05, 4.69) is 10.6 Å². The molecule has 0 aliphatic carbocycles. The summed E-state index contributed by atoms with van der Waals surface area (Å²) in [5, 5.41) is 7.16. The van der Waals surface area contributed by atoms with Crippen molar-refractivity contribution in [1.82, 2.24) is 10.6 Å². The number of carbonyl (C=O) groups excluding carboxylic acids is 2. The Morgan fingerprint density at radius 2 is 2.18 bits per heavy atom. The molecule has 0 spiro atoms. The normalized spacial score (nSPS) is 12.2. The molecule has 1 heterocycles. The zero-order valence-corrected chi connectivity index (χ0v) is 10.7. The number of urea groups is 1. The van der Waals surface area contributed by atoms with Gasteiger partial charge < -0.3 is 16.4 Å². The third-order valence-electron chi connectivity index (χ3n) is 2.26. The molecule has 0 aliphatic rings. The lowest BCUT2D eigenvalue weighted by atomic mass is 10.0. The Kier molecular flexibility index (Phi) is 4.96. The van der Waals surface area contributed by atoms with Crippen molar-refractivity contribution in [1.29, 1.82) is 0 Å². The fourth-order valence-electron chi connectivity index (χ4n) is 1.39. The van der Waals surface area contributed by atoms with Crippen molar-refractivity contribution in [2.24, 2.45) is 11.7 Å². The van der Waals surface area contributed by atoms with E-state index in [4.69, 9.17) is 5.73 Å². The predicted octanol–water partition coefficient (Wildman–Crippen LogP) is 1.06. The minimum absolute atomic E-state index is 0.00849. The number of primary amides is 1. The van der Waals surface area contributed by atoms with Crippen LogP contribution in [0.4, 0.5) is 4.79 Å². The fraction of sp³-hybridized carbons (Fsp3) is 0.455. The van der Waals surface area contributed by atoms with E-state index in [0.29, 0.717) is 6.54 Å². The van der Waals surface area contributed by atoms with E-state index >= 15 is 0 Å². The lowest BCUT2D eigenvalue weighted by Crippen LogP contribution is -2.51. The van der Waals surface area contributed by atoms with Gasteiger partial charge in [0.25, 0.3) is 0 Å². The summed E-state index contributed by atoms with van der Waals surface area (Å²) in [4.78, 5) is 23.7. The van der Waals surface area contributed by atoms with Crippen LogP contribution in [0.5, 0.6) is 0 Å². The maximum absolute atomic E-state index is 11.8. The average Bonchev–Trinajstić information content (AvgIpc) is 2.74. The van der Waals surface area contributed by atoms with Gasteiger partial charge in [0, 0.05) is 4.88 Å². The van der Waals surface area contributed by atoms with Gasteiger partial charge in [0.05, 0.1) is 6.54 Å². The van der Waals surface area contributed by atoms with Gasteiger partial charge >= 0.3 is 6.03 Å². The third-order valence-corrected chi connectivity index (χ3v) is 3.14. The van der Waals surface area contributed by atoms with E-state index < -0.39 is 12.1 Å². The molecule has 94 valence electrons. The van der Waals surface area contributed by atoms with Gasteiger partial charge in [-0.3, -0.25) is 4.79 Å². The van der Waals surface area contributed by atoms with Gasteiger partial charge in [-0.2, -0.15) is 0 Å². The summed E-state index contributed by atoms with van der Waals surface area (Å²) in [6.45, 7) is 4.18. The van der Waals surface area contributed by atoms with Crippen molar-refractivity contribution in [3.8, 4) is 0 Å². The molecule has 0 fully saturated rings. The highest BCUT2D eigenvalue weighted by molar-refractivity contribution is 7.09. The highest BCUT2D eigenvalue weighted by Gasteiger charge is 2.22. The van der Waals surface area contributed by atoms with Crippen LogP contribution in [0.15, 0.2) is 17.5 Å². The molecule has 0 radical (unpaired) electrons. The first-order chi connectivity index (χ1) is 8.00. The number of rotatable bonds is 5. The van der Waals surface area contributed by atoms with E-state index in [-0.39, 0.29) is 11.8 Å². The van der Waals surface area contributed by atoms with E-state index in [1.54, 1.807) is 11.3 Å². The Hall–Kier alpha value is -1.56. The van der Waals surface area contributed by atoms with Crippen LogP contribution >= 0.6 is 11.3 Å². The molecule has 4 N–H and O–H groups in total. The van der Waals surface area contributed by atoms with Crippen LogP contribution in [-0.4, -0.2) is 18.0 Å². The summed E-state index contributed by atoms with van der Waals surface area (Å²) >= 11 is 1.57. The summed E-state index contributed by atoms with van der Waals surface area (Å²) in [6.07, 6.45) is 0. The quantitative estimate of drug-likeness (QED) is 0.735. The summed E-state index contributed by atoms with van der Waals surface area (Å²) in [5.41, 5.74) is 5.03. The molecule has 6 heteroatoms. The number of nitrogens with one attached hydrogen (secondary N) is 2. The Bertz CT molecular complexity index is 376. The van der Waals surface area contributed by atoms with Gasteiger partial charge in [-0.15, -0.1) is 11.3 Å². The summed E-state index contributed by atoms with van der Waals surface area (Å²) in [6, 6.07) is 2.59. The van der Waals surface area contributed by atoms with Crippen LogP contribution in [0.2, 0.25) is 0 Å². The second-order valence-corrected chi connectivity index (χ2v) is 5.06. The lowest BCUT2D eigenvalue weighted by molar-refractivity contribution is -0.124. The molecule has 1 rings (SSSR count). The number of thiophene rings is 1. The highest BCUT2D eigenvalue weighted by Crippen LogP contribution is 2.08. The smallest absolute Gasteiger partial charge is 0.312 e. The minimum atomic E-state index is -0.685. The fourth-order valence-corrected chi connectivity index (χ4v) is 2.03. The first kappa shape index (κ1) is 13.5. The number of hydrogen-bond donors (Lipinski definition) is 3. The second kappa shape index (κ2) is 6.24. The van der Waals surface area contributed by atoms with E-state index in [1.807, 2.05) is 31.4 Å². The van der Waals surface area contributed by atoms with Crippen molar-refractivity contribution in [2.45, 2.75) is 26.4 Å². The first-order valence-electron chi connectivity index (χ1n) is 5.36. The van der Waals surface area contributed by atoms with Crippen molar-refractivity contribution < 1.29 is 9.59 Å². The monoisotopic (exact) mass is 255 g/mol. The Balaban J connectivity index is 2.50. The number of nitrogens with two attached hydrogens (primary N) is 1. The van der Waals surface area contributed by atoms with Crippen molar-refractivity contribution in [2.75, 3.05) is 0 Å². The molecule has 0 aliphatic heterocycles.